The lowest BCUT2D eigenvalue weighted by molar-refractivity contribution is 0.140. The van der Waals surface area contributed by atoms with E-state index >= 15 is 0 Å². The normalized spacial score (nSPS) is 15.4. The zero-order valence-electron chi connectivity index (χ0n) is 7.57. The van der Waals surface area contributed by atoms with E-state index in [0.29, 0.717) is 6.42 Å². The average Bonchev–Trinajstić information content (AvgIpc) is 2.15. The van der Waals surface area contributed by atoms with E-state index < -0.39 is 6.10 Å². The van der Waals surface area contributed by atoms with Crippen molar-refractivity contribution in [3.63, 3.8) is 0 Å². The summed E-state index contributed by atoms with van der Waals surface area (Å²) in [6.07, 6.45) is 0.241. The molecule has 0 aliphatic heterocycles. The third-order valence-electron chi connectivity index (χ3n) is 2.07. The molecule has 3 heteroatoms. The maximum atomic E-state index is 9.54. The van der Waals surface area contributed by atoms with Crippen LogP contribution in [-0.4, -0.2) is 11.2 Å². The zero-order valence-corrected chi connectivity index (χ0v) is 9.73. The van der Waals surface area contributed by atoms with Crippen molar-refractivity contribution >= 4 is 22.6 Å². The van der Waals surface area contributed by atoms with Gasteiger partial charge in [0.05, 0.1) is 12.1 Å². The summed E-state index contributed by atoms with van der Waals surface area (Å²) in [6.45, 7) is 1.93. The molecule has 0 saturated carbocycles. The lowest BCUT2D eigenvalue weighted by Gasteiger charge is -2.17. The molecule has 0 bridgehead atoms. The molecule has 0 saturated heterocycles. The molecule has 1 rings (SSSR count). The van der Waals surface area contributed by atoms with Gasteiger partial charge in [-0.3, -0.25) is 0 Å². The molecule has 0 amide bonds. The Morgan fingerprint density at radius 3 is 2.77 bits per heavy atom. The molecule has 0 fully saturated rings. The quantitative estimate of drug-likeness (QED) is 0.837. The topological polar surface area (TPSA) is 46.2 Å². The standard InChI is InChI=1S/C10H14INO/c1-2-9(13)10(12)7-4-3-5-8(11)6-7/h3-6,9-10,13H,2,12H2,1H3/t9-,10+/m1/s1. The number of aliphatic hydroxyl groups excluding tert-OH is 1. The Bertz CT molecular complexity index is 277. The van der Waals surface area contributed by atoms with Crippen molar-refractivity contribution < 1.29 is 5.11 Å². The first-order chi connectivity index (χ1) is 6.15. The predicted octanol–water partition coefficient (Wildman–Crippen LogP) is 2.06. The molecular formula is C10H14INO. The molecule has 0 aliphatic rings. The summed E-state index contributed by atoms with van der Waals surface area (Å²) in [5.41, 5.74) is 6.87. The van der Waals surface area contributed by atoms with Crippen LogP contribution in [0.2, 0.25) is 0 Å². The van der Waals surface area contributed by atoms with Crippen molar-refractivity contribution in [1.29, 1.82) is 0 Å². The van der Waals surface area contributed by atoms with Gasteiger partial charge in [-0.05, 0) is 46.7 Å². The molecule has 3 N–H and O–H groups in total. The van der Waals surface area contributed by atoms with Gasteiger partial charge >= 0.3 is 0 Å². The second-order valence-electron chi connectivity index (χ2n) is 3.06. The van der Waals surface area contributed by atoms with Crippen LogP contribution in [0.5, 0.6) is 0 Å². The van der Waals surface area contributed by atoms with Crippen molar-refractivity contribution in [3.05, 3.63) is 33.4 Å². The van der Waals surface area contributed by atoms with Gasteiger partial charge in [-0.25, -0.2) is 0 Å². The van der Waals surface area contributed by atoms with E-state index in [-0.39, 0.29) is 6.04 Å². The van der Waals surface area contributed by atoms with Gasteiger partial charge in [0.2, 0.25) is 0 Å². The summed E-state index contributed by atoms with van der Waals surface area (Å²) in [5, 5.41) is 9.54. The minimum absolute atomic E-state index is 0.264. The third-order valence-corrected chi connectivity index (χ3v) is 2.74. The highest BCUT2D eigenvalue weighted by Crippen LogP contribution is 2.18. The second kappa shape index (κ2) is 4.93. The molecule has 0 aromatic heterocycles. The summed E-state index contributed by atoms with van der Waals surface area (Å²) >= 11 is 2.24. The average molecular weight is 291 g/mol. The summed E-state index contributed by atoms with van der Waals surface area (Å²) < 4.78 is 1.15. The molecule has 0 aliphatic carbocycles. The fourth-order valence-electron chi connectivity index (χ4n) is 1.19. The van der Waals surface area contributed by atoms with Gasteiger partial charge in [0.1, 0.15) is 0 Å². The summed E-state index contributed by atoms with van der Waals surface area (Å²) in [6, 6.07) is 7.66. The highest BCUT2D eigenvalue weighted by molar-refractivity contribution is 14.1. The van der Waals surface area contributed by atoms with E-state index in [1.807, 2.05) is 31.2 Å². The Hall–Kier alpha value is -0.130. The van der Waals surface area contributed by atoms with E-state index in [1.54, 1.807) is 0 Å². The van der Waals surface area contributed by atoms with Gasteiger partial charge in [0.15, 0.2) is 0 Å². The van der Waals surface area contributed by atoms with E-state index in [4.69, 9.17) is 5.73 Å². The molecule has 0 heterocycles. The van der Waals surface area contributed by atoms with E-state index in [9.17, 15) is 5.11 Å². The SMILES string of the molecule is CC[C@@H](O)[C@@H](N)c1cccc(I)c1. The molecule has 72 valence electrons. The summed E-state index contributed by atoms with van der Waals surface area (Å²) in [4.78, 5) is 0. The number of rotatable bonds is 3. The number of hydrogen-bond donors (Lipinski definition) is 2. The van der Waals surface area contributed by atoms with Gasteiger partial charge < -0.3 is 10.8 Å². The van der Waals surface area contributed by atoms with Crippen LogP contribution in [0.15, 0.2) is 24.3 Å². The Kier molecular flexibility index (Phi) is 4.15. The molecule has 13 heavy (non-hydrogen) atoms. The number of benzene rings is 1. The predicted molar refractivity (Wildman–Crippen MR) is 62.4 cm³/mol. The van der Waals surface area contributed by atoms with E-state index in [1.165, 1.54) is 0 Å². The number of hydrogen-bond acceptors (Lipinski definition) is 2. The molecule has 0 unspecified atom stereocenters. The smallest absolute Gasteiger partial charge is 0.0730 e. The van der Waals surface area contributed by atoms with Crippen LogP contribution >= 0.6 is 22.6 Å². The van der Waals surface area contributed by atoms with E-state index in [0.717, 1.165) is 9.13 Å². The Morgan fingerprint density at radius 2 is 2.23 bits per heavy atom. The lowest BCUT2D eigenvalue weighted by Crippen LogP contribution is -2.25. The van der Waals surface area contributed by atoms with Crippen LogP contribution in [0.1, 0.15) is 24.9 Å². The third kappa shape index (κ3) is 2.93. The molecular weight excluding hydrogens is 277 g/mol. The fourth-order valence-corrected chi connectivity index (χ4v) is 1.76. The Labute approximate surface area is 92.3 Å². The summed E-state index contributed by atoms with van der Waals surface area (Å²) in [7, 11) is 0. The first-order valence-corrected chi connectivity index (χ1v) is 5.42. The van der Waals surface area contributed by atoms with Gasteiger partial charge in [-0.1, -0.05) is 19.1 Å². The molecule has 0 spiro atoms. The maximum Gasteiger partial charge on any atom is 0.0730 e. The van der Waals surface area contributed by atoms with Crippen LogP contribution in [-0.2, 0) is 0 Å². The molecule has 0 radical (unpaired) electrons. The molecule has 2 atom stereocenters. The van der Waals surface area contributed by atoms with Crippen molar-refractivity contribution in [2.24, 2.45) is 5.73 Å². The van der Waals surface area contributed by atoms with Crippen molar-refractivity contribution in [2.75, 3.05) is 0 Å². The van der Waals surface area contributed by atoms with Gasteiger partial charge in [0, 0.05) is 3.57 Å². The van der Waals surface area contributed by atoms with Gasteiger partial charge in [-0.2, -0.15) is 0 Å². The Balaban J connectivity index is 2.82. The van der Waals surface area contributed by atoms with Crippen LogP contribution in [0.4, 0.5) is 0 Å². The van der Waals surface area contributed by atoms with Crippen molar-refractivity contribution in [2.45, 2.75) is 25.5 Å². The lowest BCUT2D eigenvalue weighted by atomic mass is 10.0. The fraction of sp³-hybridized carbons (Fsp3) is 0.400. The van der Waals surface area contributed by atoms with Crippen LogP contribution in [0.3, 0.4) is 0 Å². The van der Waals surface area contributed by atoms with Crippen LogP contribution < -0.4 is 5.73 Å². The maximum absolute atomic E-state index is 9.54. The molecule has 1 aromatic rings. The minimum atomic E-state index is -0.446. The largest absolute Gasteiger partial charge is 0.391 e. The number of aliphatic hydroxyl groups is 1. The Morgan fingerprint density at radius 1 is 1.54 bits per heavy atom. The number of nitrogens with two attached hydrogens (primary N) is 1. The molecule has 1 aromatic carbocycles. The first-order valence-electron chi connectivity index (χ1n) is 4.34. The first kappa shape index (κ1) is 10.9. The highest BCUT2D eigenvalue weighted by atomic mass is 127. The summed E-state index contributed by atoms with van der Waals surface area (Å²) in [5.74, 6) is 0. The van der Waals surface area contributed by atoms with Gasteiger partial charge in [-0.15, -0.1) is 0 Å². The molecule has 2 nitrogen and oxygen atoms in total. The number of halogens is 1. The van der Waals surface area contributed by atoms with Crippen molar-refractivity contribution in [1.82, 2.24) is 0 Å². The van der Waals surface area contributed by atoms with Crippen LogP contribution in [0, 0.1) is 3.57 Å². The van der Waals surface area contributed by atoms with Gasteiger partial charge in [0.25, 0.3) is 0 Å². The highest BCUT2D eigenvalue weighted by Gasteiger charge is 2.14. The zero-order chi connectivity index (χ0) is 9.84. The van der Waals surface area contributed by atoms with E-state index in [2.05, 4.69) is 22.6 Å². The second-order valence-corrected chi connectivity index (χ2v) is 4.30. The monoisotopic (exact) mass is 291 g/mol. The van der Waals surface area contributed by atoms with Crippen molar-refractivity contribution in [3.8, 4) is 0 Å². The van der Waals surface area contributed by atoms with Crippen LogP contribution in [0.25, 0.3) is 0 Å². The minimum Gasteiger partial charge on any atom is -0.391 e.